The molecule has 0 aliphatic carbocycles. The minimum absolute atomic E-state index is 0.105. The Balaban J connectivity index is 1.79. The van der Waals surface area contributed by atoms with Gasteiger partial charge in [0.1, 0.15) is 12.0 Å². The number of methoxy groups -OCH3 is 3. The zero-order chi connectivity index (χ0) is 21.3. The van der Waals surface area contributed by atoms with Crippen molar-refractivity contribution in [1.29, 1.82) is 0 Å². The number of amides is 1. The van der Waals surface area contributed by atoms with E-state index in [4.69, 9.17) is 14.2 Å². The Hall–Kier alpha value is -3.74. The number of anilines is 2. The van der Waals surface area contributed by atoms with E-state index < -0.39 is 6.17 Å². The number of ether oxygens (including phenoxy) is 3. The third-order valence-electron chi connectivity index (χ3n) is 5.07. The van der Waals surface area contributed by atoms with E-state index in [1.54, 1.807) is 32.4 Å². The number of nitrogens with one attached hydrogen (secondary N) is 1. The molecule has 1 aliphatic heterocycles. The van der Waals surface area contributed by atoms with Gasteiger partial charge in [-0.2, -0.15) is 0 Å². The maximum atomic E-state index is 13.2. The highest BCUT2D eigenvalue weighted by molar-refractivity contribution is 6.11. The molecule has 1 N–H and O–H groups in total. The standard InChI is InChI=1S/C23H23N3O4/c1-14-9-10-20(24-13-14)26-22(16-7-5-6-8-17(16)23(26)27)25-15-11-18(28-2)21(30-4)19(12-15)29-3/h5-13,22,25H,1-4H3/t22-/m0/s1. The SMILES string of the molecule is COc1cc(N[C@@H]2c3ccccc3C(=O)N2c2ccc(C)cn2)cc(OC)c1OC. The van der Waals surface area contributed by atoms with Crippen molar-refractivity contribution >= 4 is 17.4 Å². The number of aryl methyl sites for hydroxylation is 1. The largest absolute Gasteiger partial charge is 0.493 e. The average molecular weight is 405 g/mol. The van der Waals surface area contributed by atoms with Crippen LogP contribution in [0.2, 0.25) is 0 Å². The molecule has 154 valence electrons. The summed E-state index contributed by atoms with van der Waals surface area (Å²) < 4.78 is 16.3. The Labute approximate surface area is 175 Å². The average Bonchev–Trinajstić information content (AvgIpc) is 3.05. The summed E-state index contributed by atoms with van der Waals surface area (Å²) in [6.45, 7) is 1.96. The summed E-state index contributed by atoms with van der Waals surface area (Å²) in [4.78, 5) is 19.3. The van der Waals surface area contributed by atoms with Crippen LogP contribution in [0, 0.1) is 6.92 Å². The second-order valence-electron chi connectivity index (χ2n) is 6.92. The molecule has 2 heterocycles. The highest BCUT2D eigenvalue weighted by Gasteiger charge is 2.38. The van der Waals surface area contributed by atoms with E-state index in [-0.39, 0.29) is 5.91 Å². The molecule has 0 radical (unpaired) electrons. The monoisotopic (exact) mass is 405 g/mol. The molecule has 1 aliphatic rings. The molecular formula is C23H23N3O4. The molecule has 4 rings (SSSR count). The fourth-order valence-corrected chi connectivity index (χ4v) is 3.62. The van der Waals surface area contributed by atoms with Crippen LogP contribution in [0.5, 0.6) is 17.2 Å². The topological polar surface area (TPSA) is 72.9 Å². The van der Waals surface area contributed by atoms with Crippen LogP contribution in [-0.2, 0) is 0 Å². The van der Waals surface area contributed by atoms with Crippen LogP contribution < -0.4 is 24.4 Å². The first-order chi connectivity index (χ1) is 14.6. The van der Waals surface area contributed by atoms with Crippen LogP contribution in [0.25, 0.3) is 0 Å². The number of hydrogen-bond donors (Lipinski definition) is 1. The highest BCUT2D eigenvalue weighted by Crippen LogP contribution is 2.43. The molecular weight excluding hydrogens is 382 g/mol. The van der Waals surface area contributed by atoms with Crippen molar-refractivity contribution in [1.82, 2.24) is 4.98 Å². The Morgan fingerprint density at radius 1 is 0.967 bits per heavy atom. The van der Waals surface area contributed by atoms with Crippen molar-refractivity contribution < 1.29 is 19.0 Å². The molecule has 1 atom stereocenters. The summed E-state index contributed by atoms with van der Waals surface area (Å²) in [7, 11) is 4.69. The second kappa shape index (κ2) is 7.94. The number of fused-ring (bicyclic) bond motifs is 1. The van der Waals surface area contributed by atoms with Crippen LogP contribution in [0.3, 0.4) is 0 Å². The number of benzene rings is 2. The molecule has 1 aromatic heterocycles. The lowest BCUT2D eigenvalue weighted by atomic mass is 10.1. The van der Waals surface area contributed by atoms with Crippen LogP contribution in [0.1, 0.15) is 27.7 Å². The van der Waals surface area contributed by atoms with Gasteiger partial charge < -0.3 is 19.5 Å². The fourth-order valence-electron chi connectivity index (χ4n) is 3.62. The third-order valence-corrected chi connectivity index (χ3v) is 5.07. The van der Waals surface area contributed by atoms with Crippen molar-refractivity contribution in [2.75, 3.05) is 31.5 Å². The van der Waals surface area contributed by atoms with Gasteiger partial charge in [0.05, 0.1) is 21.3 Å². The maximum absolute atomic E-state index is 13.2. The predicted molar refractivity (Wildman–Crippen MR) is 115 cm³/mol. The number of carbonyl (C=O) groups excluding carboxylic acids is 1. The number of aromatic nitrogens is 1. The zero-order valence-electron chi connectivity index (χ0n) is 17.3. The van der Waals surface area contributed by atoms with Gasteiger partial charge in [-0.15, -0.1) is 0 Å². The smallest absolute Gasteiger partial charge is 0.261 e. The molecule has 30 heavy (non-hydrogen) atoms. The second-order valence-corrected chi connectivity index (χ2v) is 6.92. The molecule has 1 amide bonds. The molecule has 7 heteroatoms. The minimum atomic E-state index is -0.438. The van der Waals surface area contributed by atoms with Gasteiger partial charge in [-0.25, -0.2) is 4.98 Å². The molecule has 0 spiro atoms. The maximum Gasteiger partial charge on any atom is 0.261 e. The number of pyridine rings is 1. The van der Waals surface area contributed by atoms with E-state index in [2.05, 4.69) is 10.3 Å². The summed E-state index contributed by atoms with van der Waals surface area (Å²) in [5.41, 5.74) is 3.26. The molecule has 7 nitrogen and oxygen atoms in total. The van der Waals surface area contributed by atoms with Crippen molar-refractivity contribution in [3.05, 3.63) is 71.4 Å². The van der Waals surface area contributed by atoms with E-state index in [1.807, 2.05) is 55.5 Å². The lowest BCUT2D eigenvalue weighted by Gasteiger charge is -2.27. The van der Waals surface area contributed by atoms with E-state index in [0.29, 0.717) is 28.6 Å². The van der Waals surface area contributed by atoms with Gasteiger partial charge in [0.15, 0.2) is 11.5 Å². The van der Waals surface area contributed by atoms with Crippen LogP contribution in [0.4, 0.5) is 11.5 Å². The van der Waals surface area contributed by atoms with Gasteiger partial charge >= 0.3 is 0 Å². The molecule has 0 fully saturated rings. The molecule has 0 unspecified atom stereocenters. The lowest BCUT2D eigenvalue weighted by molar-refractivity contribution is 0.0992. The van der Waals surface area contributed by atoms with Gasteiger partial charge in [0.2, 0.25) is 5.75 Å². The Bertz CT molecular complexity index is 1060. The zero-order valence-corrected chi connectivity index (χ0v) is 17.3. The first kappa shape index (κ1) is 19.6. The predicted octanol–water partition coefficient (Wildman–Crippen LogP) is 4.19. The van der Waals surface area contributed by atoms with Crippen molar-refractivity contribution in [3.63, 3.8) is 0 Å². The first-order valence-corrected chi connectivity index (χ1v) is 9.49. The number of rotatable bonds is 6. The van der Waals surface area contributed by atoms with E-state index in [9.17, 15) is 4.79 Å². The van der Waals surface area contributed by atoms with Crippen molar-refractivity contribution in [3.8, 4) is 17.2 Å². The first-order valence-electron chi connectivity index (χ1n) is 9.49. The Morgan fingerprint density at radius 3 is 2.27 bits per heavy atom. The van der Waals surface area contributed by atoms with Crippen molar-refractivity contribution in [2.45, 2.75) is 13.1 Å². The van der Waals surface area contributed by atoms with Gasteiger partial charge in [0, 0.05) is 35.1 Å². The quantitative estimate of drug-likeness (QED) is 0.663. The van der Waals surface area contributed by atoms with E-state index in [0.717, 1.165) is 16.8 Å². The van der Waals surface area contributed by atoms with Gasteiger partial charge in [-0.3, -0.25) is 9.69 Å². The van der Waals surface area contributed by atoms with Crippen LogP contribution in [0.15, 0.2) is 54.7 Å². The third kappa shape index (κ3) is 3.28. The van der Waals surface area contributed by atoms with E-state index in [1.165, 1.54) is 0 Å². The summed E-state index contributed by atoms with van der Waals surface area (Å²) >= 11 is 0. The number of carbonyl (C=O) groups is 1. The molecule has 0 saturated carbocycles. The molecule has 3 aromatic rings. The highest BCUT2D eigenvalue weighted by atomic mass is 16.5. The van der Waals surface area contributed by atoms with Crippen molar-refractivity contribution in [2.24, 2.45) is 0 Å². The molecule has 0 saturated heterocycles. The fraction of sp³-hybridized carbons (Fsp3) is 0.217. The number of nitrogens with zero attached hydrogens (tertiary/aromatic N) is 2. The summed E-state index contributed by atoms with van der Waals surface area (Å²) in [5, 5.41) is 3.44. The van der Waals surface area contributed by atoms with Gasteiger partial charge in [0.25, 0.3) is 5.91 Å². The minimum Gasteiger partial charge on any atom is -0.493 e. The Morgan fingerprint density at radius 2 is 1.67 bits per heavy atom. The van der Waals surface area contributed by atoms with Crippen LogP contribution >= 0.6 is 0 Å². The summed E-state index contributed by atoms with van der Waals surface area (Å²) in [6, 6.07) is 15.0. The van der Waals surface area contributed by atoms with Crippen LogP contribution in [-0.4, -0.2) is 32.2 Å². The van der Waals surface area contributed by atoms with Gasteiger partial charge in [-0.1, -0.05) is 24.3 Å². The van der Waals surface area contributed by atoms with Gasteiger partial charge in [-0.05, 0) is 24.6 Å². The lowest BCUT2D eigenvalue weighted by Crippen LogP contribution is -2.33. The molecule has 2 aromatic carbocycles. The number of hydrogen-bond acceptors (Lipinski definition) is 6. The summed E-state index contributed by atoms with van der Waals surface area (Å²) in [5.74, 6) is 2.03. The molecule has 0 bridgehead atoms. The summed E-state index contributed by atoms with van der Waals surface area (Å²) in [6.07, 6.45) is 1.31. The van der Waals surface area contributed by atoms with E-state index >= 15 is 0 Å². The Kier molecular flexibility index (Phi) is 5.18. The normalized spacial score (nSPS) is 15.0.